The van der Waals surface area contributed by atoms with Crippen molar-refractivity contribution < 1.29 is 4.79 Å². The minimum Gasteiger partial charge on any atom is -0.321 e. The highest BCUT2D eigenvalue weighted by Crippen LogP contribution is 2.39. The molecule has 3 nitrogen and oxygen atoms in total. The fourth-order valence-electron chi connectivity index (χ4n) is 2.66. The minimum atomic E-state index is -0.424. The van der Waals surface area contributed by atoms with E-state index in [4.69, 9.17) is 46.4 Å². The second kappa shape index (κ2) is 7.90. The largest absolute Gasteiger partial charge is 0.321 e. The van der Waals surface area contributed by atoms with Gasteiger partial charge in [-0.15, -0.1) is 11.3 Å². The highest BCUT2D eigenvalue weighted by atomic mass is 35.5. The normalized spacial score (nSPS) is 11.0. The second-order valence-electron chi connectivity index (χ2n) is 5.88. The lowest BCUT2D eigenvalue weighted by molar-refractivity contribution is 0.102. The van der Waals surface area contributed by atoms with Crippen LogP contribution < -0.4 is 5.32 Å². The van der Waals surface area contributed by atoms with Crippen molar-refractivity contribution in [3.05, 3.63) is 80.3 Å². The van der Waals surface area contributed by atoms with Crippen molar-refractivity contribution in [2.75, 3.05) is 5.32 Å². The summed E-state index contributed by atoms with van der Waals surface area (Å²) in [4.78, 5) is 17.3. The Morgan fingerprint density at radius 1 is 0.893 bits per heavy atom. The molecule has 0 saturated heterocycles. The SMILES string of the molecule is O=C(Nc1cc(-c2nc3ccccc3s2)c(Cl)cc1Cl)c1cc(Cl)ccc1Cl. The molecule has 0 radical (unpaired) electrons. The van der Waals surface area contributed by atoms with Gasteiger partial charge in [0.15, 0.2) is 0 Å². The van der Waals surface area contributed by atoms with Crippen molar-refractivity contribution in [1.29, 1.82) is 0 Å². The van der Waals surface area contributed by atoms with Gasteiger partial charge in [-0.05, 0) is 42.5 Å². The van der Waals surface area contributed by atoms with Crippen LogP contribution >= 0.6 is 57.7 Å². The van der Waals surface area contributed by atoms with E-state index in [0.717, 1.165) is 15.2 Å². The first-order valence-corrected chi connectivity index (χ1v) is 10.4. The van der Waals surface area contributed by atoms with Gasteiger partial charge < -0.3 is 5.32 Å². The molecule has 0 unspecified atom stereocenters. The van der Waals surface area contributed by atoms with Gasteiger partial charge in [-0.3, -0.25) is 4.79 Å². The summed E-state index contributed by atoms with van der Waals surface area (Å²) in [6.07, 6.45) is 0. The van der Waals surface area contributed by atoms with Crippen LogP contribution in [0.15, 0.2) is 54.6 Å². The lowest BCUT2D eigenvalue weighted by atomic mass is 10.1. The Bertz CT molecular complexity index is 1190. The van der Waals surface area contributed by atoms with Gasteiger partial charge in [0.2, 0.25) is 0 Å². The molecule has 140 valence electrons. The molecule has 0 aliphatic heterocycles. The van der Waals surface area contributed by atoms with E-state index >= 15 is 0 Å². The average Bonchev–Trinajstić information content (AvgIpc) is 3.09. The Hall–Kier alpha value is -1.82. The fourth-order valence-corrected chi connectivity index (χ4v) is 4.60. The highest BCUT2D eigenvalue weighted by molar-refractivity contribution is 7.21. The number of halogens is 4. The Labute approximate surface area is 184 Å². The first-order valence-electron chi connectivity index (χ1n) is 8.04. The number of benzene rings is 3. The highest BCUT2D eigenvalue weighted by Gasteiger charge is 2.17. The number of nitrogens with zero attached hydrogens (tertiary/aromatic N) is 1. The zero-order chi connectivity index (χ0) is 19.8. The van der Waals surface area contributed by atoms with Crippen molar-refractivity contribution in [3.8, 4) is 10.6 Å². The maximum atomic E-state index is 12.7. The number of aromatic nitrogens is 1. The molecular formula is C20H10Cl4N2OS. The van der Waals surface area contributed by atoms with Crippen LogP contribution in [0, 0.1) is 0 Å². The zero-order valence-corrected chi connectivity index (χ0v) is 17.8. The average molecular weight is 468 g/mol. The molecule has 0 fully saturated rings. The number of carbonyl (C=O) groups is 1. The van der Waals surface area contributed by atoms with Gasteiger partial charge in [-0.25, -0.2) is 4.98 Å². The van der Waals surface area contributed by atoms with Crippen LogP contribution in [0.1, 0.15) is 10.4 Å². The smallest absolute Gasteiger partial charge is 0.257 e. The van der Waals surface area contributed by atoms with Crippen molar-refractivity contribution in [2.45, 2.75) is 0 Å². The Balaban J connectivity index is 1.73. The van der Waals surface area contributed by atoms with Crippen LogP contribution in [0.3, 0.4) is 0 Å². The third-order valence-electron chi connectivity index (χ3n) is 4.00. The Morgan fingerprint density at radius 3 is 2.46 bits per heavy atom. The lowest BCUT2D eigenvalue weighted by Crippen LogP contribution is -2.13. The number of rotatable bonds is 3. The fraction of sp³-hybridized carbons (Fsp3) is 0. The lowest BCUT2D eigenvalue weighted by Gasteiger charge is -2.11. The van der Waals surface area contributed by atoms with E-state index in [1.165, 1.54) is 17.4 Å². The van der Waals surface area contributed by atoms with Crippen LogP contribution in [-0.4, -0.2) is 10.9 Å². The zero-order valence-electron chi connectivity index (χ0n) is 14.0. The van der Waals surface area contributed by atoms with Crippen molar-refractivity contribution in [2.24, 2.45) is 0 Å². The number of fused-ring (bicyclic) bond motifs is 1. The summed E-state index contributed by atoms with van der Waals surface area (Å²) >= 11 is 26.3. The molecule has 1 aromatic heterocycles. The number of anilines is 1. The van der Waals surface area contributed by atoms with Crippen molar-refractivity contribution in [3.63, 3.8) is 0 Å². The summed E-state index contributed by atoms with van der Waals surface area (Å²) in [6.45, 7) is 0. The summed E-state index contributed by atoms with van der Waals surface area (Å²) < 4.78 is 1.04. The van der Waals surface area contributed by atoms with Crippen LogP contribution in [0.2, 0.25) is 20.1 Å². The van der Waals surface area contributed by atoms with Crippen LogP contribution in [-0.2, 0) is 0 Å². The van der Waals surface area contributed by atoms with Gasteiger partial charge in [0.1, 0.15) is 5.01 Å². The molecule has 1 N–H and O–H groups in total. The molecule has 28 heavy (non-hydrogen) atoms. The maximum absolute atomic E-state index is 12.7. The quantitative estimate of drug-likeness (QED) is 0.333. The van der Waals surface area contributed by atoms with E-state index < -0.39 is 5.91 Å². The molecule has 0 atom stereocenters. The number of hydrogen-bond acceptors (Lipinski definition) is 3. The number of para-hydroxylation sites is 1. The van der Waals surface area contributed by atoms with E-state index in [1.54, 1.807) is 24.3 Å². The first kappa shape index (κ1) is 19.5. The summed E-state index contributed by atoms with van der Waals surface area (Å²) in [7, 11) is 0. The van der Waals surface area contributed by atoms with E-state index in [-0.39, 0.29) is 5.56 Å². The van der Waals surface area contributed by atoms with Gasteiger partial charge in [0, 0.05) is 10.6 Å². The van der Waals surface area contributed by atoms with E-state index in [0.29, 0.717) is 31.3 Å². The molecular weight excluding hydrogens is 458 g/mol. The van der Waals surface area contributed by atoms with E-state index in [1.807, 2.05) is 24.3 Å². The number of thiazole rings is 1. The summed E-state index contributed by atoms with van der Waals surface area (Å²) in [5.74, 6) is -0.424. The summed E-state index contributed by atoms with van der Waals surface area (Å²) in [5.41, 5.74) is 2.22. The van der Waals surface area contributed by atoms with Crippen molar-refractivity contribution in [1.82, 2.24) is 4.98 Å². The van der Waals surface area contributed by atoms with E-state index in [9.17, 15) is 4.79 Å². The topological polar surface area (TPSA) is 42.0 Å². The predicted molar refractivity (Wildman–Crippen MR) is 119 cm³/mol. The van der Waals surface area contributed by atoms with E-state index in [2.05, 4.69) is 10.3 Å². The number of nitrogens with one attached hydrogen (secondary N) is 1. The number of amides is 1. The molecule has 0 saturated carbocycles. The van der Waals surface area contributed by atoms with Gasteiger partial charge in [0.05, 0.1) is 36.5 Å². The van der Waals surface area contributed by atoms with Gasteiger partial charge in [0.25, 0.3) is 5.91 Å². The third kappa shape index (κ3) is 3.84. The maximum Gasteiger partial charge on any atom is 0.257 e. The molecule has 4 rings (SSSR count). The Morgan fingerprint density at radius 2 is 1.68 bits per heavy atom. The van der Waals surface area contributed by atoms with Crippen LogP contribution in [0.5, 0.6) is 0 Å². The molecule has 1 amide bonds. The molecule has 3 aromatic carbocycles. The molecule has 0 bridgehead atoms. The molecule has 0 aliphatic carbocycles. The van der Waals surface area contributed by atoms with Gasteiger partial charge in [-0.1, -0.05) is 58.5 Å². The standard InChI is InChI=1S/C20H10Cl4N2OS/c21-10-5-6-13(22)11(7-10)19(27)25-17-8-12(14(23)9-15(17)24)20-26-16-3-1-2-4-18(16)28-20/h1-9H,(H,25,27). The van der Waals surface area contributed by atoms with Gasteiger partial charge >= 0.3 is 0 Å². The summed E-state index contributed by atoms with van der Waals surface area (Å²) in [6, 6.07) is 15.8. The van der Waals surface area contributed by atoms with Crippen LogP contribution in [0.4, 0.5) is 5.69 Å². The molecule has 0 aliphatic rings. The predicted octanol–water partition coefficient (Wildman–Crippen LogP) is 7.83. The molecule has 8 heteroatoms. The molecule has 1 heterocycles. The second-order valence-corrected chi connectivity index (χ2v) is 8.57. The molecule has 0 spiro atoms. The Kier molecular flexibility index (Phi) is 5.50. The van der Waals surface area contributed by atoms with Crippen LogP contribution in [0.25, 0.3) is 20.8 Å². The minimum absolute atomic E-state index is 0.252. The van der Waals surface area contributed by atoms with Crippen molar-refractivity contribution >= 4 is 79.6 Å². The molecule has 4 aromatic rings. The monoisotopic (exact) mass is 466 g/mol. The first-order chi connectivity index (χ1) is 13.4. The number of carbonyl (C=O) groups excluding carboxylic acids is 1. The summed E-state index contributed by atoms with van der Waals surface area (Å²) in [5, 5.41) is 4.96. The third-order valence-corrected chi connectivity index (χ3v) is 6.26. The number of hydrogen-bond donors (Lipinski definition) is 1. The van der Waals surface area contributed by atoms with Gasteiger partial charge in [-0.2, -0.15) is 0 Å².